The van der Waals surface area contributed by atoms with Gasteiger partial charge in [0.25, 0.3) is 0 Å². The monoisotopic (exact) mass is 300 g/mol. The zero-order chi connectivity index (χ0) is 7.33. The van der Waals surface area contributed by atoms with Crippen molar-refractivity contribution in [2.75, 3.05) is 11.0 Å². The normalized spacial score (nSPS) is 11.9. The minimum Gasteiger partial charge on any atom is -0.285 e. The third-order valence-electron chi connectivity index (χ3n) is 0.406. The topological polar surface area (TPSA) is 35.5 Å². The summed E-state index contributed by atoms with van der Waals surface area (Å²) in [6, 6.07) is 0. The number of hydrogen-bond acceptors (Lipinski definition) is 3. The summed E-state index contributed by atoms with van der Waals surface area (Å²) in [5.74, 6) is 0. The predicted octanol–water partition coefficient (Wildman–Crippen LogP) is 3.07. The predicted molar refractivity (Wildman–Crippen MR) is 43.2 cm³/mol. The first-order valence-electron chi connectivity index (χ1n) is 1.83. The highest BCUT2D eigenvalue weighted by Gasteiger charge is 2.18. The summed E-state index contributed by atoms with van der Waals surface area (Å²) in [6.07, 6.45) is 0. The molecule has 0 bridgehead atoms. The highest BCUT2D eigenvalue weighted by Crippen LogP contribution is 2.53. The van der Waals surface area contributed by atoms with Crippen LogP contribution in [0.25, 0.3) is 0 Å². The lowest BCUT2D eigenvalue weighted by Gasteiger charge is -2.05. The lowest BCUT2D eigenvalue weighted by atomic mass is 11.8. The summed E-state index contributed by atoms with van der Waals surface area (Å²) in [6.45, 7) is -3.31. The largest absolute Gasteiger partial charge is 0.425 e. The molecule has 9 heavy (non-hydrogen) atoms. The Morgan fingerprint density at radius 1 is 1.33 bits per heavy atom. The Hall–Kier alpha value is 1.40. The summed E-state index contributed by atoms with van der Waals surface area (Å²) >= 11 is 10.9. The quantitative estimate of drug-likeness (QED) is 0.591. The number of alkyl halides is 2. The summed E-state index contributed by atoms with van der Waals surface area (Å²) < 4.78 is 19.6. The second-order valence-corrected chi connectivity index (χ2v) is 4.44. The second kappa shape index (κ2) is 5.10. The van der Waals surface area contributed by atoms with Gasteiger partial charge in [0.1, 0.15) is 11.0 Å². The van der Waals surface area contributed by atoms with Gasteiger partial charge in [0.15, 0.2) is 0 Å². The average Bonchev–Trinajstić information content (AvgIpc) is 1.64. The van der Waals surface area contributed by atoms with E-state index >= 15 is 0 Å². The number of hydrogen-bond donors (Lipinski definition) is 0. The van der Waals surface area contributed by atoms with Crippen LogP contribution in [-0.4, -0.2) is 11.0 Å². The Kier molecular flexibility index (Phi) is 5.90. The Labute approximate surface area is 74.6 Å². The molecule has 0 amide bonds. The van der Waals surface area contributed by atoms with Crippen molar-refractivity contribution in [3.8, 4) is 0 Å². The lowest BCUT2D eigenvalue weighted by molar-refractivity contribution is 0.280. The van der Waals surface area contributed by atoms with Crippen LogP contribution >= 0.6 is 50.0 Å². The first-order chi connectivity index (χ1) is 4.12. The van der Waals surface area contributed by atoms with Crippen LogP contribution in [-0.2, 0) is 13.6 Å². The fourth-order valence-electron chi connectivity index (χ4n) is 0.154. The molecule has 0 radical (unpaired) electrons. The van der Waals surface area contributed by atoms with Gasteiger partial charge in [0.2, 0.25) is 0 Å². The van der Waals surface area contributed by atoms with Gasteiger partial charge in [-0.25, -0.2) is 4.57 Å². The molecule has 0 aliphatic carbocycles. The number of halogens is 3. The van der Waals surface area contributed by atoms with E-state index in [2.05, 4.69) is 40.9 Å². The Balaban J connectivity index is 3.58. The molecule has 0 aliphatic rings. The molecule has 0 atom stereocenters. The maximum atomic E-state index is 10.7. The molecule has 0 fully saturated rings. The van der Waals surface area contributed by atoms with Crippen LogP contribution < -0.4 is 0 Å². The van der Waals surface area contributed by atoms with Crippen LogP contribution in [0, 0.1) is 0 Å². The van der Waals surface area contributed by atoms with Crippen molar-refractivity contribution in [1.82, 2.24) is 0 Å². The van der Waals surface area contributed by atoms with Gasteiger partial charge in [-0.3, -0.25) is 9.05 Å². The molecule has 0 aromatic heterocycles. The molecule has 0 unspecified atom stereocenters. The van der Waals surface area contributed by atoms with Gasteiger partial charge in [-0.1, -0.05) is 31.9 Å². The second-order valence-electron chi connectivity index (χ2n) is 0.907. The summed E-state index contributed by atoms with van der Waals surface area (Å²) in [5, 5.41) is 0. The van der Waals surface area contributed by atoms with Crippen LogP contribution in [0.1, 0.15) is 0 Å². The fourth-order valence-corrected chi connectivity index (χ4v) is 3.08. The molecule has 7 heteroatoms. The highest BCUT2D eigenvalue weighted by atomic mass is 79.9. The first kappa shape index (κ1) is 10.4. The van der Waals surface area contributed by atoms with Crippen LogP contribution in [0.4, 0.5) is 0 Å². The number of rotatable bonds is 4. The average molecular weight is 302 g/mol. The van der Waals surface area contributed by atoms with E-state index < -0.39 is 6.95 Å². The van der Waals surface area contributed by atoms with Crippen molar-refractivity contribution in [2.45, 2.75) is 0 Å². The van der Waals surface area contributed by atoms with E-state index in [-0.39, 0.29) is 11.0 Å². The molecule has 0 saturated heterocycles. The van der Waals surface area contributed by atoms with Gasteiger partial charge in [-0.15, -0.1) is 0 Å². The van der Waals surface area contributed by atoms with Crippen molar-refractivity contribution < 1.29 is 13.6 Å². The van der Waals surface area contributed by atoms with Gasteiger partial charge in [0, 0.05) is 11.2 Å². The van der Waals surface area contributed by atoms with E-state index in [1.54, 1.807) is 0 Å². The molecule has 0 N–H and O–H groups in total. The zero-order valence-electron chi connectivity index (χ0n) is 4.22. The van der Waals surface area contributed by atoms with E-state index in [9.17, 15) is 4.57 Å². The van der Waals surface area contributed by atoms with Crippen LogP contribution in [0.3, 0.4) is 0 Å². The van der Waals surface area contributed by atoms with Gasteiger partial charge in [-0.05, 0) is 0 Å². The molecule has 0 heterocycles. The lowest BCUT2D eigenvalue weighted by Crippen LogP contribution is -1.84. The van der Waals surface area contributed by atoms with Crippen molar-refractivity contribution in [3.05, 3.63) is 0 Å². The fraction of sp³-hybridized carbons (Fsp3) is 1.00. The van der Waals surface area contributed by atoms with Gasteiger partial charge >= 0.3 is 6.95 Å². The minimum atomic E-state index is -3.31. The summed E-state index contributed by atoms with van der Waals surface area (Å²) in [7, 11) is 0. The Morgan fingerprint density at radius 2 is 1.67 bits per heavy atom. The maximum Gasteiger partial charge on any atom is 0.425 e. The third-order valence-corrected chi connectivity index (χ3v) is 3.03. The maximum absolute atomic E-state index is 10.7. The summed E-state index contributed by atoms with van der Waals surface area (Å²) in [5.41, 5.74) is 0.196. The molecule has 0 aliphatic heterocycles. The molecular weight excluding hydrogens is 298 g/mol. The highest BCUT2D eigenvalue weighted by molar-refractivity contribution is 9.09. The zero-order valence-corrected chi connectivity index (χ0v) is 9.04. The van der Waals surface area contributed by atoms with Gasteiger partial charge in [0.05, 0.1) is 0 Å². The van der Waals surface area contributed by atoms with E-state index in [0.717, 1.165) is 0 Å². The first-order valence-corrected chi connectivity index (χ1v) is 6.52. The standard InChI is InChI=1S/C2H4Br2ClO3P/c3-1-7-9(5,6)8-2-4/h1-2H2. The van der Waals surface area contributed by atoms with Crippen molar-refractivity contribution in [3.63, 3.8) is 0 Å². The minimum absolute atomic E-state index is 0.0980. The van der Waals surface area contributed by atoms with E-state index in [0.29, 0.717) is 0 Å². The Morgan fingerprint density at radius 3 is 1.89 bits per heavy atom. The SMILES string of the molecule is O=P(Cl)(OCBr)OCBr. The molecule has 0 aromatic rings. The van der Waals surface area contributed by atoms with Crippen molar-refractivity contribution >= 4 is 50.0 Å². The third kappa shape index (κ3) is 5.83. The van der Waals surface area contributed by atoms with Crippen LogP contribution in [0.2, 0.25) is 0 Å². The molecule has 3 nitrogen and oxygen atoms in total. The molecule has 0 rings (SSSR count). The molecule has 0 spiro atoms. The van der Waals surface area contributed by atoms with Gasteiger partial charge in [-0.2, -0.15) is 0 Å². The van der Waals surface area contributed by atoms with Gasteiger partial charge < -0.3 is 0 Å². The molecule has 0 aromatic carbocycles. The Bertz CT molecular complexity index is 110. The van der Waals surface area contributed by atoms with Crippen molar-refractivity contribution in [2.24, 2.45) is 0 Å². The molecule has 56 valence electrons. The van der Waals surface area contributed by atoms with E-state index in [1.165, 1.54) is 0 Å². The molecular formula is C2H4Br2ClO3P. The smallest absolute Gasteiger partial charge is 0.285 e. The van der Waals surface area contributed by atoms with E-state index in [1.807, 2.05) is 0 Å². The van der Waals surface area contributed by atoms with Crippen LogP contribution in [0.15, 0.2) is 0 Å². The van der Waals surface area contributed by atoms with E-state index in [4.69, 9.17) is 11.2 Å². The summed E-state index contributed by atoms with van der Waals surface area (Å²) in [4.78, 5) is 0. The molecule has 0 saturated carbocycles. The van der Waals surface area contributed by atoms with Crippen LogP contribution in [0.5, 0.6) is 0 Å². The van der Waals surface area contributed by atoms with Crippen molar-refractivity contribution in [1.29, 1.82) is 0 Å².